The number of nitrogens with two attached hydrogens (primary N) is 1. The smallest absolute Gasteiger partial charge is 0.238 e. The summed E-state index contributed by atoms with van der Waals surface area (Å²) in [5, 5.41) is 5.23. The number of carbonyl (C=O) groups is 2. The van der Waals surface area contributed by atoms with Crippen LogP contribution in [0.4, 0.5) is 0 Å². The molecule has 0 bridgehead atoms. The van der Waals surface area contributed by atoms with E-state index in [4.69, 9.17) is 5.14 Å². The number of sulfonamides is 1. The van der Waals surface area contributed by atoms with Crippen molar-refractivity contribution >= 4 is 21.6 Å². The maximum atomic E-state index is 13.0. The number of hydrogen-bond acceptors (Lipinski definition) is 4. The van der Waals surface area contributed by atoms with Crippen LogP contribution < -0.4 is 5.14 Å². The molecule has 0 amide bonds. The van der Waals surface area contributed by atoms with Crippen molar-refractivity contribution in [3.8, 4) is 0 Å². The van der Waals surface area contributed by atoms with Crippen molar-refractivity contribution in [1.29, 1.82) is 0 Å². The number of carbonyl (C=O) groups excluding carboxylic acids is 2. The fourth-order valence-electron chi connectivity index (χ4n) is 3.09. The van der Waals surface area contributed by atoms with Crippen LogP contribution in [0.2, 0.25) is 0 Å². The zero-order valence-corrected chi connectivity index (χ0v) is 14.7. The molecule has 2 aromatic carbocycles. The first kappa shape index (κ1) is 17.3. The molecule has 0 fully saturated rings. The lowest BCUT2D eigenvalue weighted by molar-refractivity contribution is 0.0970. The van der Waals surface area contributed by atoms with Gasteiger partial charge in [-0.3, -0.25) is 9.59 Å². The molecule has 5 nitrogen and oxygen atoms in total. The molecule has 0 aromatic heterocycles. The number of ketones is 2. The maximum absolute atomic E-state index is 13.0. The number of allylic oxidation sites excluding steroid dienone is 2. The lowest BCUT2D eigenvalue weighted by Gasteiger charge is -2.21. The van der Waals surface area contributed by atoms with E-state index in [9.17, 15) is 18.0 Å². The van der Waals surface area contributed by atoms with E-state index in [-0.39, 0.29) is 28.2 Å². The molecular weight excluding hydrogens is 338 g/mol. The summed E-state index contributed by atoms with van der Waals surface area (Å²) < 4.78 is 23.7. The van der Waals surface area contributed by atoms with Gasteiger partial charge in [0.25, 0.3) is 0 Å². The van der Waals surface area contributed by atoms with Crippen LogP contribution in [-0.4, -0.2) is 20.0 Å². The molecule has 0 unspecified atom stereocenters. The van der Waals surface area contributed by atoms with Crippen LogP contribution in [0.25, 0.3) is 0 Å². The first-order valence-electron chi connectivity index (χ1n) is 7.70. The standard InChI is InChI=1S/C19H17NO4S/c1-11-5-3-6-13(9-11)10-15-12(2)18(21)14-7-4-8-16(25(20,23)24)17(14)19(15)22/h3-9H,10H2,1-2H3,(H2,20,23,24). The quantitative estimate of drug-likeness (QED) is 0.915. The van der Waals surface area contributed by atoms with Gasteiger partial charge in [-0.1, -0.05) is 42.0 Å². The molecular formula is C19H17NO4S. The fraction of sp³-hybridized carbons (Fsp3) is 0.158. The lowest BCUT2D eigenvalue weighted by atomic mass is 9.82. The van der Waals surface area contributed by atoms with Gasteiger partial charge in [-0.05, 0) is 25.5 Å². The molecule has 2 N–H and O–H groups in total. The van der Waals surface area contributed by atoms with E-state index in [0.717, 1.165) is 11.1 Å². The Morgan fingerprint density at radius 1 is 0.960 bits per heavy atom. The van der Waals surface area contributed by atoms with Crippen LogP contribution in [0.3, 0.4) is 0 Å². The molecule has 2 aromatic rings. The molecule has 6 heteroatoms. The molecule has 128 valence electrons. The summed E-state index contributed by atoms with van der Waals surface area (Å²) >= 11 is 0. The average Bonchev–Trinajstić information content (AvgIpc) is 2.55. The Morgan fingerprint density at radius 3 is 2.28 bits per heavy atom. The van der Waals surface area contributed by atoms with Gasteiger partial charge in [0.2, 0.25) is 10.0 Å². The normalized spacial score (nSPS) is 14.7. The third-order valence-electron chi connectivity index (χ3n) is 4.34. The van der Waals surface area contributed by atoms with E-state index in [0.29, 0.717) is 11.1 Å². The van der Waals surface area contributed by atoms with E-state index in [1.807, 2.05) is 31.2 Å². The summed E-state index contributed by atoms with van der Waals surface area (Å²) in [5.74, 6) is -0.805. The van der Waals surface area contributed by atoms with Crippen molar-refractivity contribution < 1.29 is 18.0 Å². The topological polar surface area (TPSA) is 94.3 Å². The molecule has 0 saturated carbocycles. The van der Waals surface area contributed by atoms with Crippen molar-refractivity contribution in [2.45, 2.75) is 25.2 Å². The Morgan fingerprint density at radius 2 is 1.64 bits per heavy atom. The Balaban J connectivity index is 2.17. The first-order valence-corrected chi connectivity index (χ1v) is 9.25. The Kier molecular flexibility index (Phi) is 4.18. The predicted octanol–water partition coefficient (Wildman–Crippen LogP) is 2.58. The fourth-order valence-corrected chi connectivity index (χ4v) is 3.85. The zero-order chi connectivity index (χ0) is 18.4. The molecule has 0 saturated heterocycles. The van der Waals surface area contributed by atoms with Gasteiger partial charge in [0, 0.05) is 23.1 Å². The minimum atomic E-state index is -4.12. The highest BCUT2D eigenvalue weighted by Gasteiger charge is 2.34. The van der Waals surface area contributed by atoms with Gasteiger partial charge in [-0.25, -0.2) is 13.6 Å². The number of aryl methyl sites for hydroxylation is 1. The highest BCUT2D eigenvalue weighted by Crippen LogP contribution is 2.32. The second-order valence-electron chi connectivity index (χ2n) is 6.15. The van der Waals surface area contributed by atoms with E-state index in [1.165, 1.54) is 18.2 Å². The summed E-state index contributed by atoms with van der Waals surface area (Å²) in [6.07, 6.45) is 0.260. The molecule has 0 heterocycles. The van der Waals surface area contributed by atoms with E-state index < -0.39 is 15.8 Å². The monoisotopic (exact) mass is 355 g/mol. The lowest BCUT2D eigenvalue weighted by Crippen LogP contribution is -2.26. The van der Waals surface area contributed by atoms with Crippen LogP contribution in [-0.2, 0) is 16.4 Å². The Labute approximate surface area is 146 Å². The summed E-state index contributed by atoms with van der Waals surface area (Å²) in [6.45, 7) is 3.53. The molecule has 0 radical (unpaired) electrons. The number of rotatable bonds is 3. The number of hydrogen-bond donors (Lipinski definition) is 1. The van der Waals surface area contributed by atoms with Crippen molar-refractivity contribution in [1.82, 2.24) is 0 Å². The van der Waals surface area contributed by atoms with Crippen molar-refractivity contribution in [2.75, 3.05) is 0 Å². The maximum Gasteiger partial charge on any atom is 0.238 e. The van der Waals surface area contributed by atoms with Crippen LogP contribution in [0.15, 0.2) is 58.5 Å². The SMILES string of the molecule is CC1=C(Cc2cccc(C)c2)C(=O)c2c(cccc2S(N)(=O)=O)C1=O. The van der Waals surface area contributed by atoms with Crippen LogP contribution >= 0.6 is 0 Å². The second kappa shape index (κ2) is 6.06. The molecule has 0 spiro atoms. The average molecular weight is 355 g/mol. The van der Waals surface area contributed by atoms with Gasteiger partial charge >= 0.3 is 0 Å². The summed E-state index contributed by atoms with van der Waals surface area (Å²) in [5.41, 5.74) is 2.53. The Hall–Kier alpha value is -2.57. The van der Waals surface area contributed by atoms with Crippen LogP contribution in [0.5, 0.6) is 0 Å². The van der Waals surface area contributed by atoms with Crippen molar-refractivity contribution in [2.24, 2.45) is 5.14 Å². The van der Waals surface area contributed by atoms with E-state index >= 15 is 0 Å². The molecule has 25 heavy (non-hydrogen) atoms. The van der Waals surface area contributed by atoms with Crippen LogP contribution in [0.1, 0.15) is 38.8 Å². The van der Waals surface area contributed by atoms with E-state index in [2.05, 4.69) is 0 Å². The van der Waals surface area contributed by atoms with Gasteiger partial charge in [0.15, 0.2) is 11.6 Å². The highest BCUT2D eigenvalue weighted by molar-refractivity contribution is 7.89. The van der Waals surface area contributed by atoms with E-state index in [1.54, 1.807) is 6.92 Å². The number of primary sulfonamides is 1. The second-order valence-corrected chi connectivity index (χ2v) is 7.68. The largest absolute Gasteiger partial charge is 0.289 e. The molecule has 0 aliphatic heterocycles. The van der Waals surface area contributed by atoms with Gasteiger partial charge < -0.3 is 0 Å². The third-order valence-corrected chi connectivity index (χ3v) is 5.29. The van der Waals surface area contributed by atoms with Crippen molar-refractivity contribution in [3.05, 3.63) is 75.9 Å². The Bertz CT molecular complexity index is 1050. The molecule has 0 atom stereocenters. The number of Topliss-reactive ketones (excluding diaryl/α,β-unsaturated/α-hetero) is 2. The molecule has 3 rings (SSSR count). The molecule has 1 aliphatic rings. The summed E-state index contributed by atoms with van der Waals surface area (Å²) in [4.78, 5) is 25.4. The van der Waals surface area contributed by atoms with Gasteiger partial charge in [0.1, 0.15) is 0 Å². The third kappa shape index (κ3) is 3.06. The summed E-state index contributed by atoms with van der Waals surface area (Å²) in [7, 11) is -4.12. The van der Waals surface area contributed by atoms with Gasteiger partial charge in [-0.2, -0.15) is 0 Å². The highest BCUT2D eigenvalue weighted by atomic mass is 32.2. The van der Waals surface area contributed by atoms with Crippen molar-refractivity contribution in [3.63, 3.8) is 0 Å². The predicted molar refractivity (Wildman–Crippen MR) is 94.1 cm³/mol. The first-order chi connectivity index (χ1) is 11.7. The van der Waals surface area contributed by atoms with Gasteiger partial charge in [-0.15, -0.1) is 0 Å². The zero-order valence-electron chi connectivity index (χ0n) is 13.9. The van der Waals surface area contributed by atoms with Crippen LogP contribution in [0, 0.1) is 6.92 Å². The number of fused-ring (bicyclic) bond motifs is 1. The minimum absolute atomic E-state index is 0.0852. The summed E-state index contributed by atoms with van der Waals surface area (Å²) in [6, 6.07) is 11.7. The van der Waals surface area contributed by atoms with Gasteiger partial charge in [0.05, 0.1) is 10.5 Å². The minimum Gasteiger partial charge on any atom is -0.289 e. The number of benzene rings is 2. The molecule has 1 aliphatic carbocycles.